The van der Waals surface area contributed by atoms with Crippen LogP contribution in [0.2, 0.25) is 0 Å². The van der Waals surface area contributed by atoms with Crippen molar-refractivity contribution in [3.8, 4) is 0 Å². The summed E-state index contributed by atoms with van der Waals surface area (Å²) in [6.45, 7) is 3.94. The molecule has 0 spiro atoms. The molecule has 0 radical (unpaired) electrons. The topological polar surface area (TPSA) is 132 Å². The predicted molar refractivity (Wildman–Crippen MR) is 115 cm³/mol. The third kappa shape index (κ3) is 4.54. The molecule has 4 N–H and O–H groups in total. The highest BCUT2D eigenvalue weighted by atomic mass is 32.1. The summed E-state index contributed by atoms with van der Waals surface area (Å²) >= 11 is 6.39. The number of aryl methyl sites for hydroxylation is 1. The molecule has 10 nitrogen and oxygen atoms in total. The molecule has 0 aliphatic heterocycles. The zero-order chi connectivity index (χ0) is 21.9. The maximum Gasteiger partial charge on any atom is 0.341 e. The standard InChI is InChI=1S/C17H22N6O4S2/c1-6-23-11(13(18)24)9(7-19-23)20-17(28)21-14-10(16(26)27-5)8(2)12(29-14)15(25)22(3)4/h7H,6H2,1-5H3,(H2,18,24)(H2,20,21,28). The van der Waals surface area contributed by atoms with E-state index in [9.17, 15) is 14.4 Å². The number of anilines is 2. The lowest BCUT2D eigenvalue weighted by atomic mass is 10.1. The predicted octanol–water partition coefficient (Wildman–Crippen LogP) is 1.67. The first-order chi connectivity index (χ1) is 13.6. The van der Waals surface area contributed by atoms with Gasteiger partial charge in [-0.1, -0.05) is 0 Å². The van der Waals surface area contributed by atoms with Crippen molar-refractivity contribution < 1.29 is 19.1 Å². The quantitative estimate of drug-likeness (QED) is 0.458. The van der Waals surface area contributed by atoms with Crippen LogP contribution in [0.25, 0.3) is 0 Å². The zero-order valence-electron chi connectivity index (χ0n) is 16.7. The molecule has 156 valence electrons. The third-order valence-electron chi connectivity index (χ3n) is 3.98. The first-order valence-electron chi connectivity index (χ1n) is 8.49. The summed E-state index contributed by atoms with van der Waals surface area (Å²) in [6.07, 6.45) is 1.43. The van der Waals surface area contributed by atoms with Crippen LogP contribution in [0, 0.1) is 6.92 Å². The van der Waals surface area contributed by atoms with E-state index in [4.69, 9.17) is 22.7 Å². The molecule has 0 unspecified atom stereocenters. The van der Waals surface area contributed by atoms with Gasteiger partial charge in [0.05, 0.1) is 29.4 Å². The number of carbonyl (C=O) groups is 3. The average Bonchev–Trinajstić information content (AvgIpc) is 3.21. The molecule has 2 heterocycles. The van der Waals surface area contributed by atoms with Crippen LogP contribution in [0.15, 0.2) is 6.20 Å². The molecule has 12 heteroatoms. The van der Waals surface area contributed by atoms with Crippen molar-refractivity contribution in [3.05, 3.63) is 27.9 Å². The molecule has 2 amide bonds. The lowest BCUT2D eigenvalue weighted by Crippen LogP contribution is -2.24. The van der Waals surface area contributed by atoms with Gasteiger partial charge in [-0.2, -0.15) is 5.10 Å². The third-order valence-corrected chi connectivity index (χ3v) is 5.38. The number of thiophene rings is 1. The van der Waals surface area contributed by atoms with Crippen LogP contribution in [0.3, 0.4) is 0 Å². The van der Waals surface area contributed by atoms with E-state index in [-0.39, 0.29) is 22.3 Å². The molecule has 0 aliphatic carbocycles. The molecule has 0 aromatic carbocycles. The summed E-state index contributed by atoms with van der Waals surface area (Å²) in [6, 6.07) is 0. The maximum atomic E-state index is 12.4. The first kappa shape index (κ1) is 22.3. The highest BCUT2D eigenvalue weighted by Crippen LogP contribution is 2.34. The van der Waals surface area contributed by atoms with Gasteiger partial charge >= 0.3 is 5.97 Å². The first-order valence-corrected chi connectivity index (χ1v) is 9.71. The van der Waals surface area contributed by atoms with Gasteiger partial charge in [-0.3, -0.25) is 14.3 Å². The molecule has 0 bridgehead atoms. The number of hydrogen-bond acceptors (Lipinski definition) is 7. The Balaban J connectivity index is 2.36. The monoisotopic (exact) mass is 438 g/mol. The van der Waals surface area contributed by atoms with Crippen LogP contribution >= 0.6 is 23.6 Å². The van der Waals surface area contributed by atoms with Crippen molar-refractivity contribution in [1.29, 1.82) is 0 Å². The largest absolute Gasteiger partial charge is 0.465 e. The molecule has 0 atom stereocenters. The number of esters is 1. The number of carbonyl (C=O) groups excluding carboxylic acids is 3. The second-order valence-electron chi connectivity index (χ2n) is 6.12. The summed E-state index contributed by atoms with van der Waals surface area (Å²) in [5.74, 6) is -1.50. The van der Waals surface area contributed by atoms with Crippen LogP contribution in [0.4, 0.5) is 10.7 Å². The van der Waals surface area contributed by atoms with E-state index in [2.05, 4.69) is 15.7 Å². The van der Waals surface area contributed by atoms with Gasteiger partial charge in [0.2, 0.25) is 0 Å². The minimum Gasteiger partial charge on any atom is -0.465 e. The maximum absolute atomic E-state index is 12.4. The Morgan fingerprint density at radius 3 is 2.52 bits per heavy atom. The number of hydrogen-bond donors (Lipinski definition) is 3. The minimum atomic E-state index is -0.657. The molecule has 0 aliphatic rings. The smallest absolute Gasteiger partial charge is 0.341 e. The lowest BCUT2D eigenvalue weighted by molar-refractivity contribution is 0.0601. The Hall–Kier alpha value is -2.99. The van der Waals surface area contributed by atoms with Crippen LogP contribution in [0.1, 0.15) is 43.0 Å². The van der Waals surface area contributed by atoms with Gasteiger partial charge < -0.3 is 26.0 Å². The summed E-state index contributed by atoms with van der Waals surface area (Å²) < 4.78 is 6.29. The van der Waals surface area contributed by atoms with E-state index in [0.717, 1.165) is 11.3 Å². The molecule has 0 saturated carbocycles. The normalized spacial score (nSPS) is 10.4. The number of thiocarbonyl (C=S) groups is 1. The van der Waals surface area contributed by atoms with Crippen LogP contribution in [-0.2, 0) is 11.3 Å². The van der Waals surface area contributed by atoms with Crippen molar-refractivity contribution in [2.45, 2.75) is 20.4 Å². The number of nitrogens with zero attached hydrogens (tertiary/aromatic N) is 3. The van der Waals surface area contributed by atoms with E-state index in [1.54, 1.807) is 21.0 Å². The number of aromatic nitrogens is 2. The lowest BCUT2D eigenvalue weighted by Gasteiger charge is -2.11. The Morgan fingerprint density at radius 2 is 2.00 bits per heavy atom. The number of ether oxygens (including phenoxy) is 1. The summed E-state index contributed by atoms with van der Waals surface area (Å²) in [7, 11) is 4.50. The number of nitrogens with one attached hydrogen (secondary N) is 2. The Kier molecular flexibility index (Phi) is 6.93. The van der Waals surface area contributed by atoms with Crippen LogP contribution < -0.4 is 16.4 Å². The van der Waals surface area contributed by atoms with E-state index in [1.165, 1.54) is 22.9 Å². The number of amides is 2. The van der Waals surface area contributed by atoms with Gasteiger partial charge in [0.25, 0.3) is 11.8 Å². The van der Waals surface area contributed by atoms with Gasteiger partial charge in [-0.05, 0) is 31.6 Å². The van der Waals surface area contributed by atoms with Gasteiger partial charge in [0.1, 0.15) is 10.7 Å². The van der Waals surface area contributed by atoms with Crippen molar-refractivity contribution >= 4 is 57.1 Å². The molecule has 0 fully saturated rings. The molecule has 0 saturated heterocycles. The minimum absolute atomic E-state index is 0.0957. The van der Waals surface area contributed by atoms with Crippen LogP contribution in [-0.4, -0.2) is 58.8 Å². The summed E-state index contributed by atoms with van der Waals surface area (Å²) in [4.78, 5) is 38.2. The molecular formula is C17H22N6O4S2. The number of rotatable bonds is 6. The van der Waals surface area contributed by atoms with Gasteiger partial charge in [0.15, 0.2) is 5.11 Å². The average molecular weight is 439 g/mol. The Morgan fingerprint density at radius 1 is 1.34 bits per heavy atom. The van der Waals surface area contributed by atoms with Gasteiger partial charge in [-0.15, -0.1) is 11.3 Å². The highest BCUT2D eigenvalue weighted by Gasteiger charge is 2.27. The molecule has 2 aromatic rings. The van der Waals surface area contributed by atoms with Crippen LogP contribution in [0.5, 0.6) is 0 Å². The molecule has 29 heavy (non-hydrogen) atoms. The molecule has 2 aromatic heterocycles. The molecular weight excluding hydrogens is 416 g/mol. The fourth-order valence-corrected chi connectivity index (χ4v) is 4.09. The number of methoxy groups -OCH3 is 1. The highest BCUT2D eigenvalue weighted by molar-refractivity contribution is 7.80. The second-order valence-corrected chi connectivity index (χ2v) is 7.55. The van der Waals surface area contributed by atoms with E-state index < -0.39 is 11.9 Å². The number of nitrogens with two attached hydrogens (primary N) is 1. The van der Waals surface area contributed by atoms with Gasteiger partial charge in [-0.25, -0.2) is 4.79 Å². The Bertz CT molecular complexity index is 979. The number of primary amides is 1. The van der Waals surface area contributed by atoms with Crippen molar-refractivity contribution in [3.63, 3.8) is 0 Å². The SMILES string of the molecule is CCn1ncc(NC(=S)Nc2sc(C(=O)N(C)C)c(C)c2C(=O)OC)c1C(N)=O. The fourth-order valence-electron chi connectivity index (χ4n) is 2.59. The fraction of sp³-hybridized carbons (Fsp3) is 0.353. The van der Waals surface area contributed by atoms with Crippen molar-refractivity contribution in [2.24, 2.45) is 5.73 Å². The Labute approximate surface area is 177 Å². The molecule has 2 rings (SSSR count). The van der Waals surface area contributed by atoms with Crippen molar-refractivity contribution in [2.75, 3.05) is 31.8 Å². The van der Waals surface area contributed by atoms with Crippen molar-refractivity contribution in [1.82, 2.24) is 14.7 Å². The zero-order valence-corrected chi connectivity index (χ0v) is 18.3. The summed E-state index contributed by atoms with van der Waals surface area (Å²) in [5, 5.41) is 10.3. The van der Waals surface area contributed by atoms with E-state index in [1.807, 2.05) is 6.92 Å². The second kappa shape index (κ2) is 9.01. The summed E-state index contributed by atoms with van der Waals surface area (Å²) in [5.41, 5.74) is 6.63. The van der Waals surface area contributed by atoms with E-state index >= 15 is 0 Å². The van der Waals surface area contributed by atoms with Gasteiger partial charge in [0, 0.05) is 20.6 Å². The van der Waals surface area contributed by atoms with E-state index in [0.29, 0.717) is 27.7 Å².